The number of hydrogen-bond acceptors (Lipinski definition) is 8. The zero-order valence-corrected chi connectivity index (χ0v) is 26.8. The maximum atomic E-state index is 14.0. The summed E-state index contributed by atoms with van der Waals surface area (Å²) in [6.45, 7) is 12.5. The van der Waals surface area contributed by atoms with Crippen LogP contribution in [0.3, 0.4) is 0 Å². The molecule has 0 bridgehead atoms. The molecule has 1 aliphatic rings. The van der Waals surface area contributed by atoms with Gasteiger partial charge < -0.3 is 23.6 Å². The monoisotopic (exact) mass is 637 g/mol. The number of aromatic nitrogens is 2. The van der Waals surface area contributed by atoms with Crippen molar-refractivity contribution in [2.75, 3.05) is 13.2 Å². The van der Waals surface area contributed by atoms with Gasteiger partial charge >= 0.3 is 18.4 Å². The van der Waals surface area contributed by atoms with Crippen LogP contribution in [-0.4, -0.2) is 57.5 Å². The second kappa shape index (κ2) is 14.8. The Bertz CT molecular complexity index is 1370. The molecule has 3 rings (SSSR count). The Morgan fingerprint density at radius 2 is 1.82 bits per heavy atom. The first-order valence-corrected chi connectivity index (χ1v) is 14.9. The van der Waals surface area contributed by atoms with Gasteiger partial charge in [0, 0.05) is 12.1 Å². The molecule has 1 N–H and O–H groups in total. The second-order valence-electron chi connectivity index (χ2n) is 12.5. The smallest absolute Gasteiger partial charge is 0.437 e. The number of halogens is 3. The molecule has 1 atom stereocenters. The molecule has 1 saturated heterocycles. The van der Waals surface area contributed by atoms with Crippen molar-refractivity contribution in [3.05, 3.63) is 41.8 Å². The van der Waals surface area contributed by atoms with E-state index < -0.39 is 41.2 Å². The summed E-state index contributed by atoms with van der Waals surface area (Å²) in [5.74, 6) is -0.464. The summed E-state index contributed by atoms with van der Waals surface area (Å²) in [4.78, 5) is 35.2. The molecular weight excluding hydrogens is 595 g/mol. The largest absolute Gasteiger partial charge is 0.489 e. The first kappa shape index (κ1) is 35.4. The number of aliphatic imine (C=N–C) groups is 1. The third-order valence-electron chi connectivity index (χ3n) is 6.22. The minimum atomic E-state index is -4.69. The molecule has 0 aliphatic carbocycles. The Morgan fingerprint density at radius 1 is 1.11 bits per heavy atom. The van der Waals surface area contributed by atoms with E-state index >= 15 is 0 Å². The highest BCUT2D eigenvalue weighted by molar-refractivity contribution is 5.99. The number of allylic oxidation sites excluding steroid dienone is 1. The molecule has 11 nitrogen and oxygen atoms in total. The number of likely N-dealkylation sites (tertiary alicyclic amines) is 1. The zero-order chi connectivity index (χ0) is 33.4. The fraction of sp³-hybridized carbons (Fsp3) is 0.581. The van der Waals surface area contributed by atoms with Crippen LogP contribution in [0.1, 0.15) is 98.1 Å². The van der Waals surface area contributed by atoms with E-state index in [0.717, 1.165) is 25.3 Å². The summed E-state index contributed by atoms with van der Waals surface area (Å²) in [7, 11) is 0. The van der Waals surface area contributed by atoms with Crippen LogP contribution < -0.4 is 10.1 Å². The van der Waals surface area contributed by atoms with Crippen molar-refractivity contribution in [3.63, 3.8) is 0 Å². The van der Waals surface area contributed by atoms with Gasteiger partial charge in [-0.1, -0.05) is 37.1 Å². The van der Waals surface area contributed by atoms with Crippen molar-refractivity contribution < 1.29 is 41.5 Å². The summed E-state index contributed by atoms with van der Waals surface area (Å²) in [6.07, 6.45) is 1.00. The Labute approximate surface area is 261 Å². The maximum Gasteiger partial charge on any atom is 0.437 e. The van der Waals surface area contributed by atoms with Crippen molar-refractivity contribution in [3.8, 4) is 17.1 Å². The summed E-state index contributed by atoms with van der Waals surface area (Å²) in [5.41, 5.74) is -2.56. The Balaban J connectivity index is 1.87. The molecule has 2 amide bonds. The van der Waals surface area contributed by atoms with Crippen LogP contribution in [0.15, 0.2) is 39.9 Å². The highest BCUT2D eigenvalue weighted by atomic mass is 19.4. The van der Waals surface area contributed by atoms with E-state index in [4.69, 9.17) is 18.7 Å². The third kappa shape index (κ3) is 11.1. The summed E-state index contributed by atoms with van der Waals surface area (Å²) >= 11 is 0. The minimum Gasteiger partial charge on any atom is -0.489 e. The van der Waals surface area contributed by atoms with Crippen LogP contribution in [0, 0.1) is 0 Å². The van der Waals surface area contributed by atoms with Crippen LogP contribution in [-0.2, 0) is 15.7 Å². The van der Waals surface area contributed by atoms with Gasteiger partial charge in [-0.15, -0.1) is 4.99 Å². The molecule has 0 saturated carbocycles. The number of benzene rings is 1. The molecule has 1 aromatic carbocycles. The lowest BCUT2D eigenvalue weighted by molar-refractivity contribution is -0.138. The molecule has 1 fully saturated rings. The van der Waals surface area contributed by atoms with Gasteiger partial charge in [0.2, 0.25) is 17.7 Å². The molecule has 2 heterocycles. The van der Waals surface area contributed by atoms with Gasteiger partial charge in [0.05, 0.1) is 5.56 Å². The number of unbranched alkanes of at least 4 members (excludes halogenated alkanes) is 2. The number of hydrogen-bond donors (Lipinski definition) is 1. The number of nitrogens with one attached hydrogen (secondary N) is 1. The molecule has 2 aromatic rings. The van der Waals surface area contributed by atoms with E-state index in [1.54, 1.807) is 52.5 Å². The van der Waals surface area contributed by atoms with E-state index in [1.807, 2.05) is 6.08 Å². The predicted octanol–water partition coefficient (Wildman–Crippen LogP) is 7.83. The Hall–Kier alpha value is -4.10. The SMILES string of the molecule is CCCCC=CCOc1ccc(-c2noc([C@@H]3CCCN3/C(=N/C(=O)OC(C)(C)C)NC(=O)OC(C)(C)C)n2)cc1C(F)(F)F. The maximum absolute atomic E-state index is 14.0. The highest BCUT2D eigenvalue weighted by Crippen LogP contribution is 2.39. The summed E-state index contributed by atoms with van der Waals surface area (Å²) in [5, 5.41) is 6.44. The Morgan fingerprint density at radius 3 is 2.47 bits per heavy atom. The van der Waals surface area contributed by atoms with E-state index in [2.05, 4.69) is 27.4 Å². The van der Waals surface area contributed by atoms with Crippen molar-refractivity contribution >= 4 is 18.1 Å². The van der Waals surface area contributed by atoms with Gasteiger partial charge in [-0.3, -0.25) is 5.32 Å². The molecular formula is C31H42F3N5O6. The second-order valence-corrected chi connectivity index (χ2v) is 12.5. The van der Waals surface area contributed by atoms with E-state index in [-0.39, 0.29) is 35.6 Å². The third-order valence-corrected chi connectivity index (χ3v) is 6.22. The van der Waals surface area contributed by atoms with Crippen LogP contribution >= 0.6 is 0 Å². The lowest BCUT2D eigenvalue weighted by atomic mass is 10.1. The molecule has 14 heteroatoms. The molecule has 0 spiro atoms. The van der Waals surface area contributed by atoms with Gasteiger partial charge in [0.25, 0.3) is 0 Å². The van der Waals surface area contributed by atoms with E-state index in [9.17, 15) is 22.8 Å². The topological polar surface area (TPSA) is 128 Å². The fourth-order valence-corrected chi connectivity index (χ4v) is 4.36. The van der Waals surface area contributed by atoms with Crippen molar-refractivity contribution in [2.45, 2.75) is 104 Å². The average Bonchev–Trinajstić information content (AvgIpc) is 3.57. The molecule has 248 valence electrons. The zero-order valence-electron chi connectivity index (χ0n) is 26.8. The van der Waals surface area contributed by atoms with Gasteiger partial charge in [-0.05, 0) is 79.0 Å². The molecule has 0 radical (unpaired) electrons. The quantitative estimate of drug-likeness (QED) is 0.133. The van der Waals surface area contributed by atoms with Crippen LogP contribution in [0.25, 0.3) is 11.4 Å². The van der Waals surface area contributed by atoms with Gasteiger partial charge in [-0.2, -0.15) is 18.2 Å². The lowest BCUT2D eigenvalue weighted by Gasteiger charge is -2.27. The number of nitrogens with zero attached hydrogens (tertiary/aromatic N) is 4. The lowest BCUT2D eigenvalue weighted by Crippen LogP contribution is -2.46. The molecule has 0 unspecified atom stereocenters. The first-order valence-electron chi connectivity index (χ1n) is 14.9. The highest BCUT2D eigenvalue weighted by Gasteiger charge is 2.37. The number of carbonyl (C=O) groups excluding carboxylic acids is 2. The number of amides is 2. The molecule has 1 aromatic heterocycles. The number of rotatable bonds is 8. The van der Waals surface area contributed by atoms with Crippen LogP contribution in [0.2, 0.25) is 0 Å². The predicted molar refractivity (Wildman–Crippen MR) is 161 cm³/mol. The standard InChI is InChI=1S/C31H42F3N5O6/c1-8-9-10-11-12-18-42-23-16-15-20(19-21(23)31(32,33)34)24-35-25(45-38-24)22-14-13-17-39(22)26(36-27(40)43-29(2,3)4)37-28(41)44-30(5,6)7/h11-12,15-16,19,22H,8-10,13-14,17-18H2,1-7H3,(H,36,37,40,41)/t22-/m0/s1. The molecule has 1 aliphatic heterocycles. The number of carbonyl (C=O) groups is 2. The number of alkyl carbamates (subject to hydrolysis) is 1. The van der Waals surface area contributed by atoms with Crippen molar-refractivity contribution in [2.24, 2.45) is 4.99 Å². The van der Waals surface area contributed by atoms with Gasteiger partial charge in [0.15, 0.2) is 0 Å². The fourth-order valence-electron chi connectivity index (χ4n) is 4.36. The van der Waals surface area contributed by atoms with E-state index in [0.29, 0.717) is 19.4 Å². The first-order chi connectivity index (χ1) is 21.0. The van der Waals surface area contributed by atoms with Crippen LogP contribution in [0.5, 0.6) is 5.75 Å². The van der Waals surface area contributed by atoms with E-state index in [1.165, 1.54) is 12.1 Å². The van der Waals surface area contributed by atoms with Crippen molar-refractivity contribution in [1.82, 2.24) is 20.4 Å². The number of ether oxygens (including phenoxy) is 3. The molecule has 45 heavy (non-hydrogen) atoms. The Kier molecular flexibility index (Phi) is 11.6. The van der Waals surface area contributed by atoms with Crippen LogP contribution in [0.4, 0.5) is 22.8 Å². The average molecular weight is 638 g/mol. The van der Waals surface area contributed by atoms with Gasteiger partial charge in [-0.25, -0.2) is 9.59 Å². The van der Waals surface area contributed by atoms with Crippen molar-refractivity contribution in [1.29, 1.82) is 0 Å². The normalized spacial score (nSPS) is 16.3. The minimum absolute atomic E-state index is 0.000523. The summed E-state index contributed by atoms with van der Waals surface area (Å²) in [6, 6.07) is 2.92. The number of alkyl halides is 3. The summed E-state index contributed by atoms with van der Waals surface area (Å²) < 4.78 is 63.4. The van der Waals surface area contributed by atoms with Gasteiger partial charge in [0.1, 0.15) is 29.6 Å². The number of guanidine groups is 1.